The maximum absolute atomic E-state index is 11.5. The van der Waals surface area contributed by atoms with E-state index in [9.17, 15) is 14.7 Å². The van der Waals surface area contributed by atoms with E-state index in [1.807, 2.05) is 0 Å². The highest BCUT2D eigenvalue weighted by Gasteiger charge is 2.12. The van der Waals surface area contributed by atoms with E-state index in [0.717, 1.165) is 5.56 Å². The third kappa shape index (κ3) is 3.92. The second kappa shape index (κ2) is 7.28. The van der Waals surface area contributed by atoms with E-state index >= 15 is 0 Å². The van der Waals surface area contributed by atoms with Crippen LogP contribution in [0.5, 0.6) is 0 Å². The molecule has 0 atom stereocenters. The minimum atomic E-state index is -0.425. The van der Waals surface area contributed by atoms with Crippen molar-refractivity contribution in [1.29, 1.82) is 0 Å². The molecule has 0 heterocycles. The Morgan fingerprint density at radius 2 is 2.06 bits per heavy atom. The van der Waals surface area contributed by atoms with Crippen molar-refractivity contribution < 1.29 is 19.4 Å². The van der Waals surface area contributed by atoms with Crippen LogP contribution in [0.15, 0.2) is 18.2 Å². The topological polar surface area (TPSA) is 63.6 Å². The Labute approximate surface area is 114 Å². The summed E-state index contributed by atoms with van der Waals surface area (Å²) in [6.07, 6.45) is 0.240. The molecule has 1 aromatic rings. The number of alkyl halides is 1. The molecule has 0 aliphatic rings. The molecule has 1 N–H and O–H groups in total. The van der Waals surface area contributed by atoms with Gasteiger partial charge in [0.25, 0.3) is 0 Å². The summed E-state index contributed by atoms with van der Waals surface area (Å²) in [7, 11) is 0. The fourth-order valence-corrected chi connectivity index (χ4v) is 1.74. The van der Waals surface area contributed by atoms with Crippen LogP contribution in [-0.4, -0.2) is 28.8 Å². The zero-order valence-corrected chi connectivity index (χ0v) is 11.7. The van der Waals surface area contributed by atoms with Gasteiger partial charge in [-0.3, -0.25) is 4.79 Å². The van der Waals surface area contributed by atoms with Gasteiger partial charge in [-0.05, 0) is 30.2 Å². The van der Waals surface area contributed by atoms with Gasteiger partial charge in [0.1, 0.15) is 5.78 Å². The Bertz CT molecular complexity index is 443. The van der Waals surface area contributed by atoms with Crippen LogP contribution in [-0.2, 0) is 22.6 Å². The van der Waals surface area contributed by atoms with Gasteiger partial charge in [-0.25, -0.2) is 4.79 Å². The third-order valence-electron chi connectivity index (χ3n) is 2.42. The highest BCUT2D eigenvalue weighted by atomic mass is 79.9. The smallest absolute Gasteiger partial charge is 0.338 e. The molecule has 4 nitrogen and oxygen atoms in total. The normalized spacial score (nSPS) is 10.2. The first-order valence-electron chi connectivity index (χ1n) is 5.59. The quantitative estimate of drug-likeness (QED) is 0.643. The Hall–Kier alpha value is -1.20. The zero-order chi connectivity index (χ0) is 13.5. The van der Waals surface area contributed by atoms with Crippen LogP contribution < -0.4 is 0 Å². The summed E-state index contributed by atoms with van der Waals surface area (Å²) in [6, 6.07) is 4.85. The van der Waals surface area contributed by atoms with E-state index < -0.39 is 5.97 Å². The molecule has 5 heteroatoms. The summed E-state index contributed by atoms with van der Waals surface area (Å²) in [5, 5.41) is 9.54. The van der Waals surface area contributed by atoms with Crippen molar-refractivity contribution in [3.8, 4) is 0 Å². The molecule has 98 valence electrons. The Kier molecular flexibility index (Phi) is 6.01. The second-order valence-corrected chi connectivity index (χ2v) is 4.27. The van der Waals surface area contributed by atoms with Crippen molar-refractivity contribution in [2.24, 2.45) is 0 Å². The number of carbonyl (C=O) groups is 2. The number of ketones is 1. The summed E-state index contributed by atoms with van der Waals surface area (Å²) in [6.45, 7) is 1.82. The number of carbonyl (C=O) groups excluding carboxylic acids is 2. The highest BCUT2D eigenvalue weighted by Crippen LogP contribution is 2.15. The first-order chi connectivity index (χ1) is 8.62. The fraction of sp³-hybridized carbons (Fsp3) is 0.385. The van der Waals surface area contributed by atoms with E-state index in [1.54, 1.807) is 25.1 Å². The van der Waals surface area contributed by atoms with Gasteiger partial charge in [-0.2, -0.15) is 0 Å². The largest absolute Gasteiger partial charge is 0.462 e. The number of hydrogen-bond donors (Lipinski definition) is 1. The van der Waals surface area contributed by atoms with Gasteiger partial charge in [-0.1, -0.05) is 22.0 Å². The molecule has 0 bridgehead atoms. The Balaban J connectivity index is 2.96. The van der Waals surface area contributed by atoms with Crippen molar-refractivity contribution in [2.45, 2.75) is 20.0 Å². The van der Waals surface area contributed by atoms with Gasteiger partial charge in [0.15, 0.2) is 0 Å². The van der Waals surface area contributed by atoms with Gasteiger partial charge in [0, 0.05) is 6.42 Å². The van der Waals surface area contributed by atoms with Crippen LogP contribution in [0.4, 0.5) is 0 Å². The first kappa shape index (κ1) is 14.9. The lowest BCUT2D eigenvalue weighted by Gasteiger charge is -2.08. The molecule has 0 aliphatic heterocycles. The van der Waals surface area contributed by atoms with E-state index in [1.165, 1.54) is 0 Å². The van der Waals surface area contributed by atoms with Crippen LogP contribution in [0.25, 0.3) is 0 Å². The summed E-state index contributed by atoms with van der Waals surface area (Å²) in [5.41, 5.74) is 1.70. The number of rotatable bonds is 6. The molecule has 0 aliphatic carbocycles. The zero-order valence-electron chi connectivity index (χ0n) is 10.1. The molecule has 0 unspecified atom stereocenters. The number of hydrogen-bond acceptors (Lipinski definition) is 4. The van der Waals surface area contributed by atoms with E-state index in [4.69, 9.17) is 4.74 Å². The maximum atomic E-state index is 11.5. The average Bonchev–Trinajstić information content (AvgIpc) is 2.39. The molecule has 1 rings (SSSR count). The molecule has 0 amide bonds. The van der Waals surface area contributed by atoms with Gasteiger partial charge in [0.2, 0.25) is 0 Å². The number of aliphatic hydroxyl groups excluding tert-OH is 1. The van der Waals surface area contributed by atoms with Crippen molar-refractivity contribution in [3.63, 3.8) is 0 Å². The fourth-order valence-electron chi connectivity index (χ4n) is 1.55. The molecule has 0 fully saturated rings. The minimum Gasteiger partial charge on any atom is -0.462 e. The number of esters is 1. The molecule has 0 saturated heterocycles. The van der Waals surface area contributed by atoms with Crippen molar-refractivity contribution in [1.82, 2.24) is 0 Å². The number of benzene rings is 1. The summed E-state index contributed by atoms with van der Waals surface area (Å²) in [5.74, 6) is -0.404. The highest BCUT2D eigenvalue weighted by molar-refractivity contribution is 9.09. The predicted molar refractivity (Wildman–Crippen MR) is 70.8 cm³/mol. The van der Waals surface area contributed by atoms with Crippen LogP contribution >= 0.6 is 15.9 Å². The van der Waals surface area contributed by atoms with Gasteiger partial charge in [0.05, 0.1) is 24.1 Å². The van der Waals surface area contributed by atoms with Crippen LogP contribution in [0.1, 0.15) is 28.4 Å². The van der Waals surface area contributed by atoms with Crippen molar-refractivity contribution in [3.05, 3.63) is 34.9 Å². The van der Waals surface area contributed by atoms with Crippen LogP contribution in [0.3, 0.4) is 0 Å². The summed E-state index contributed by atoms with van der Waals surface area (Å²) >= 11 is 3.09. The monoisotopic (exact) mass is 314 g/mol. The SMILES string of the molecule is CCOC(=O)c1ccc(CC(=O)CBr)c(CO)c1. The molecule has 0 radical (unpaired) electrons. The molecule has 0 aromatic heterocycles. The lowest BCUT2D eigenvalue weighted by atomic mass is 10.0. The van der Waals surface area contributed by atoms with E-state index in [2.05, 4.69) is 15.9 Å². The third-order valence-corrected chi connectivity index (χ3v) is 3.05. The summed E-state index contributed by atoms with van der Waals surface area (Å²) in [4.78, 5) is 22.9. The lowest BCUT2D eigenvalue weighted by Crippen LogP contribution is -2.09. The van der Waals surface area contributed by atoms with Crippen LogP contribution in [0, 0.1) is 0 Å². The number of aliphatic hydroxyl groups is 1. The minimum absolute atomic E-state index is 0.0218. The molecule has 1 aromatic carbocycles. The van der Waals surface area contributed by atoms with E-state index in [-0.39, 0.29) is 24.1 Å². The van der Waals surface area contributed by atoms with E-state index in [0.29, 0.717) is 17.7 Å². The number of halogens is 1. The standard InChI is InChI=1S/C13H15BrO4/c1-2-18-13(17)10-4-3-9(6-12(16)7-14)11(5-10)8-15/h3-5,15H,2,6-8H2,1H3. The van der Waals surface area contributed by atoms with Crippen molar-refractivity contribution >= 4 is 27.7 Å². The molecule has 0 saturated carbocycles. The Morgan fingerprint density at radius 1 is 1.33 bits per heavy atom. The molecule has 18 heavy (non-hydrogen) atoms. The number of ether oxygens (including phenoxy) is 1. The average molecular weight is 315 g/mol. The molecule has 0 spiro atoms. The van der Waals surface area contributed by atoms with Gasteiger partial charge in [-0.15, -0.1) is 0 Å². The van der Waals surface area contributed by atoms with Gasteiger partial charge < -0.3 is 9.84 Å². The number of Topliss-reactive ketones (excluding diaryl/α,β-unsaturated/α-hetero) is 1. The molecular weight excluding hydrogens is 300 g/mol. The predicted octanol–water partition coefficient (Wildman–Crippen LogP) is 1.86. The summed E-state index contributed by atoms with van der Waals surface area (Å²) < 4.78 is 4.87. The lowest BCUT2D eigenvalue weighted by molar-refractivity contribution is -0.115. The van der Waals surface area contributed by atoms with Gasteiger partial charge >= 0.3 is 5.97 Å². The van der Waals surface area contributed by atoms with Crippen LogP contribution in [0.2, 0.25) is 0 Å². The second-order valence-electron chi connectivity index (χ2n) is 3.71. The Morgan fingerprint density at radius 3 is 2.61 bits per heavy atom. The first-order valence-corrected chi connectivity index (χ1v) is 6.72. The maximum Gasteiger partial charge on any atom is 0.338 e. The molecular formula is C13H15BrO4. The van der Waals surface area contributed by atoms with Crippen molar-refractivity contribution in [2.75, 3.05) is 11.9 Å².